The van der Waals surface area contributed by atoms with E-state index >= 15 is 0 Å². The van der Waals surface area contributed by atoms with Gasteiger partial charge in [0, 0.05) is 5.56 Å². The Morgan fingerprint density at radius 2 is 1.60 bits per heavy atom. The molecule has 0 saturated heterocycles. The van der Waals surface area contributed by atoms with Crippen molar-refractivity contribution in [1.82, 2.24) is 5.32 Å². The highest BCUT2D eigenvalue weighted by molar-refractivity contribution is 5.94. The summed E-state index contributed by atoms with van der Waals surface area (Å²) in [6, 6.07) is 12.0. The monoisotopic (exact) mass is 343 g/mol. The van der Waals surface area contributed by atoms with Crippen molar-refractivity contribution < 1.29 is 19.1 Å². The molecule has 0 aromatic heterocycles. The van der Waals surface area contributed by atoms with Crippen molar-refractivity contribution in [2.45, 2.75) is 38.6 Å². The van der Waals surface area contributed by atoms with Crippen LogP contribution in [-0.2, 0) is 10.2 Å². The zero-order valence-electron chi connectivity index (χ0n) is 14.5. The van der Waals surface area contributed by atoms with Crippen LogP contribution in [0.5, 0.6) is 0 Å². The van der Waals surface area contributed by atoms with E-state index in [9.17, 15) is 14.0 Å². The minimum Gasteiger partial charge on any atom is -0.481 e. The van der Waals surface area contributed by atoms with E-state index in [2.05, 4.69) is 26.1 Å². The molecule has 1 atom stereocenters. The SMILES string of the molecule is CC(C)(C)c1ccc([C@H](CC(=O)O)NC(=O)c2ccc(F)cc2)cc1. The number of hydrogen-bond acceptors (Lipinski definition) is 2. The molecule has 5 heteroatoms. The summed E-state index contributed by atoms with van der Waals surface area (Å²) in [5.41, 5.74) is 2.10. The van der Waals surface area contributed by atoms with Crippen molar-refractivity contribution >= 4 is 11.9 Å². The Hall–Kier alpha value is -2.69. The average Bonchev–Trinajstić information content (AvgIpc) is 2.53. The number of amides is 1. The van der Waals surface area contributed by atoms with Gasteiger partial charge in [0.1, 0.15) is 5.82 Å². The average molecular weight is 343 g/mol. The second-order valence-electron chi connectivity index (χ2n) is 7.00. The van der Waals surface area contributed by atoms with E-state index in [1.807, 2.05) is 24.3 Å². The van der Waals surface area contributed by atoms with Gasteiger partial charge in [-0.15, -0.1) is 0 Å². The van der Waals surface area contributed by atoms with Gasteiger partial charge in [0.15, 0.2) is 0 Å². The highest BCUT2D eigenvalue weighted by Crippen LogP contribution is 2.25. The van der Waals surface area contributed by atoms with Gasteiger partial charge in [0.25, 0.3) is 5.91 Å². The van der Waals surface area contributed by atoms with Crippen molar-refractivity contribution in [1.29, 1.82) is 0 Å². The minimum atomic E-state index is -1.01. The molecule has 0 aliphatic heterocycles. The molecule has 0 saturated carbocycles. The fourth-order valence-corrected chi connectivity index (χ4v) is 2.49. The molecule has 0 radical (unpaired) electrons. The van der Waals surface area contributed by atoms with Crippen LogP contribution < -0.4 is 5.32 Å². The first-order chi connectivity index (χ1) is 11.7. The number of aliphatic carboxylic acids is 1. The first-order valence-corrected chi connectivity index (χ1v) is 8.05. The van der Waals surface area contributed by atoms with Crippen LogP contribution in [0.1, 0.15) is 54.7 Å². The highest BCUT2D eigenvalue weighted by Gasteiger charge is 2.20. The summed E-state index contributed by atoms with van der Waals surface area (Å²) < 4.78 is 13.0. The standard InChI is InChI=1S/C20H22FNO3/c1-20(2,3)15-8-4-13(5-9-15)17(12-18(23)24)22-19(25)14-6-10-16(21)11-7-14/h4-11,17H,12H2,1-3H3,(H,22,25)(H,23,24)/t17-/m0/s1. The third kappa shape index (κ3) is 5.14. The predicted molar refractivity (Wildman–Crippen MR) is 94.0 cm³/mol. The fourth-order valence-electron chi connectivity index (χ4n) is 2.49. The van der Waals surface area contributed by atoms with Crippen molar-refractivity contribution in [3.8, 4) is 0 Å². The maximum Gasteiger partial charge on any atom is 0.305 e. The summed E-state index contributed by atoms with van der Waals surface area (Å²) in [6.45, 7) is 6.27. The van der Waals surface area contributed by atoms with Crippen LogP contribution in [0.2, 0.25) is 0 Å². The lowest BCUT2D eigenvalue weighted by atomic mass is 9.86. The molecule has 2 rings (SSSR count). The molecular formula is C20H22FNO3. The van der Waals surface area contributed by atoms with Gasteiger partial charge in [-0.3, -0.25) is 9.59 Å². The number of carboxylic acids is 1. The molecule has 0 spiro atoms. The van der Waals surface area contributed by atoms with Crippen molar-refractivity contribution in [3.05, 3.63) is 71.0 Å². The summed E-state index contributed by atoms with van der Waals surface area (Å²) in [4.78, 5) is 23.5. The Bertz CT molecular complexity index is 746. The van der Waals surface area contributed by atoms with E-state index in [1.54, 1.807) is 0 Å². The Morgan fingerprint density at radius 1 is 1.04 bits per heavy atom. The highest BCUT2D eigenvalue weighted by atomic mass is 19.1. The van der Waals surface area contributed by atoms with Gasteiger partial charge >= 0.3 is 5.97 Å². The molecule has 132 valence electrons. The van der Waals surface area contributed by atoms with Gasteiger partial charge in [-0.05, 0) is 40.8 Å². The maximum absolute atomic E-state index is 13.0. The number of benzene rings is 2. The third-order valence-corrected chi connectivity index (χ3v) is 3.97. The summed E-state index contributed by atoms with van der Waals surface area (Å²) in [7, 11) is 0. The van der Waals surface area contributed by atoms with Gasteiger partial charge in [-0.1, -0.05) is 45.0 Å². The lowest BCUT2D eigenvalue weighted by Gasteiger charge is -2.22. The molecule has 0 heterocycles. The fraction of sp³-hybridized carbons (Fsp3) is 0.300. The van der Waals surface area contributed by atoms with E-state index in [0.29, 0.717) is 5.56 Å². The van der Waals surface area contributed by atoms with Gasteiger partial charge < -0.3 is 10.4 Å². The Morgan fingerprint density at radius 3 is 2.08 bits per heavy atom. The predicted octanol–water partition coefficient (Wildman–Crippen LogP) is 4.07. The number of halogens is 1. The maximum atomic E-state index is 13.0. The number of hydrogen-bond donors (Lipinski definition) is 2. The molecule has 1 amide bonds. The second kappa shape index (κ2) is 7.47. The van der Waals surface area contributed by atoms with E-state index in [1.165, 1.54) is 24.3 Å². The van der Waals surface area contributed by atoms with Crippen LogP contribution in [0.4, 0.5) is 4.39 Å². The van der Waals surface area contributed by atoms with Gasteiger partial charge in [0.2, 0.25) is 0 Å². The van der Waals surface area contributed by atoms with Crippen molar-refractivity contribution in [2.24, 2.45) is 0 Å². The summed E-state index contributed by atoms with van der Waals surface area (Å²) >= 11 is 0. The molecule has 2 aromatic rings. The first kappa shape index (κ1) is 18.6. The Balaban J connectivity index is 2.22. The number of carbonyl (C=O) groups excluding carboxylic acids is 1. The molecule has 2 aromatic carbocycles. The smallest absolute Gasteiger partial charge is 0.305 e. The van der Waals surface area contributed by atoms with E-state index < -0.39 is 23.7 Å². The topological polar surface area (TPSA) is 66.4 Å². The molecule has 0 aliphatic carbocycles. The lowest BCUT2D eigenvalue weighted by Crippen LogP contribution is -2.30. The molecule has 2 N–H and O–H groups in total. The number of nitrogens with one attached hydrogen (secondary N) is 1. The van der Waals surface area contributed by atoms with Crippen molar-refractivity contribution in [2.75, 3.05) is 0 Å². The second-order valence-corrected chi connectivity index (χ2v) is 7.00. The van der Waals surface area contributed by atoms with Crippen LogP contribution >= 0.6 is 0 Å². The van der Waals surface area contributed by atoms with Crippen LogP contribution in [0.25, 0.3) is 0 Å². The molecule has 0 bridgehead atoms. The van der Waals surface area contributed by atoms with Gasteiger partial charge in [0.05, 0.1) is 12.5 Å². The van der Waals surface area contributed by atoms with E-state index in [4.69, 9.17) is 5.11 Å². The molecule has 4 nitrogen and oxygen atoms in total. The third-order valence-electron chi connectivity index (χ3n) is 3.97. The summed E-state index contributed by atoms with van der Waals surface area (Å²) in [6.07, 6.45) is -0.234. The van der Waals surface area contributed by atoms with E-state index in [-0.39, 0.29) is 17.4 Å². The zero-order chi connectivity index (χ0) is 18.6. The first-order valence-electron chi connectivity index (χ1n) is 8.05. The summed E-state index contributed by atoms with van der Waals surface area (Å²) in [5.74, 6) is -1.88. The number of rotatable bonds is 5. The van der Waals surface area contributed by atoms with Crippen LogP contribution in [-0.4, -0.2) is 17.0 Å². The van der Waals surface area contributed by atoms with Crippen LogP contribution in [0.3, 0.4) is 0 Å². The van der Waals surface area contributed by atoms with Crippen LogP contribution in [0, 0.1) is 5.82 Å². The normalized spacial score (nSPS) is 12.5. The number of carboxylic acid groups (broad SMARTS) is 1. The molecule has 25 heavy (non-hydrogen) atoms. The lowest BCUT2D eigenvalue weighted by molar-refractivity contribution is -0.137. The quantitative estimate of drug-likeness (QED) is 0.860. The van der Waals surface area contributed by atoms with E-state index in [0.717, 1.165) is 5.56 Å². The van der Waals surface area contributed by atoms with Crippen molar-refractivity contribution in [3.63, 3.8) is 0 Å². The number of carbonyl (C=O) groups is 2. The molecule has 0 aliphatic rings. The minimum absolute atomic E-state index is 0.0157. The molecular weight excluding hydrogens is 321 g/mol. The Labute approximate surface area is 146 Å². The largest absolute Gasteiger partial charge is 0.481 e. The van der Waals surface area contributed by atoms with Gasteiger partial charge in [-0.25, -0.2) is 4.39 Å². The van der Waals surface area contributed by atoms with Crippen LogP contribution in [0.15, 0.2) is 48.5 Å². The zero-order valence-corrected chi connectivity index (χ0v) is 14.5. The molecule has 0 unspecified atom stereocenters. The summed E-state index contributed by atoms with van der Waals surface area (Å²) in [5, 5.41) is 11.9. The molecule has 0 fully saturated rings. The Kier molecular flexibility index (Phi) is 5.57. The van der Waals surface area contributed by atoms with Gasteiger partial charge in [-0.2, -0.15) is 0 Å².